The first-order valence-electron chi connectivity index (χ1n) is 4.31. The van der Waals surface area contributed by atoms with Crippen LogP contribution in [-0.4, -0.2) is 35.2 Å². The van der Waals surface area contributed by atoms with Gasteiger partial charge in [0.1, 0.15) is 0 Å². The van der Waals surface area contributed by atoms with Crippen molar-refractivity contribution in [2.75, 3.05) is 7.05 Å². The van der Waals surface area contributed by atoms with Crippen molar-refractivity contribution in [1.29, 1.82) is 0 Å². The minimum absolute atomic E-state index is 0.178. The Bertz CT molecular complexity index is 164. The highest BCUT2D eigenvalue weighted by atomic mass is 16.3. The van der Waals surface area contributed by atoms with Gasteiger partial charge in [0.25, 0.3) is 0 Å². The van der Waals surface area contributed by atoms with Crippen molar-refractivity contribution in [2.24, 2.45) is 5.73 Å². The third-order valence-electron chi connectivity index (χ3n) is 2.56. The molecule has 1 aliphatic carbocycles. The molecule has 3 N–H and O–H groups in total. The summed E-state index contributed by atoms with van der Waals surface area (Å²) in [6.45, 7) is 0. The number of rotatable bonds is 1. The van der Waals surface area contributed by atoms with Gasteiger partial charge in [-0.1, -0.05) is 0 Å². The van der Waals surface area contributed by atoms with E-state index in [1.807, 2.05) is 0 Å². The quantitative estimate of drug-likeness (QED) is 0.597. The summed E-state index contributed by atoms with van der Waals surface area (Å²) < 4.78 is 0. The molecule has 1 aliphatic rings. The normalized spacial score (nSPS) is 29.8. The van der Waals surface area contributed by atoms with Crippen LogP contribution in [0.2, 0.25) is 0 Å². The number of amides is 2. The molecule has 0 radical (unpaired) electrons. The minimum atomic E-state index is -0.378. The number of carbonyl (C=O) groups is 1. The molecule has 0 aliphatic heterocycles. The van der Waals surface area contributed by atoms with Gasteiger partial charge in [-0.3, -0.25) is 0 Å². The van der Waals surface area contributed by atoms with Crippen LogP contribution in [-0.2, 0) is 0 Å². The Labute approximate surface area is 72.3 Å². The number of aliphatic hydroxyl groups is 1. The molecule has 0 heterocycles. The third kappa shape index (κ3) is 2.11. The molecule has 0 bridgehead atoms. The fourth-order valence-electron chi connectivity index (χ4n) is 1.63. The van der Waals surface area contributed by atoms with E-state index in [4.69, 9.17) is 5.73 Å². The minimum Gasteiger partial charge on any atom is -0.393 e. The average Bonchev–Trinajstić information content (AvgIpc) is 2.04. The highest BCUT2D eigenvalue weighted by Crippen LogP contribution is 2.21. The summed E-state index contributed by atoms with van der Waals surface area (Å²) >= 11 is 0. The van der Waals surface area contributed by atoms with Crippen LogP contribution < -0.4 is 5.73 Å². The van der Waals surface area contributed by atoms with Gasteiger partial charge in [-0.15, -0.1) is 0 Å². The lowest BCUT2D eigenvalue weighted by atomic mass is 9.92. The average molecular weight is 172 g/mol. The molecule has 1 fully saturated rings. The molecule has 0 unspecified atom stereocenters. The molecule has 0 spiro atoms. The molecule has 0 atom stereocenters. The molecule has 0 saturated heterocycles. The first-order valence-corrected chi connectivity index (χ1v) is 4.31. The van der Waals surface area contributed by atoms with Gasteiger partial charge in [0, 0.05) is 13.1 Å². The molecule has 0 aromatic carbocycles. The maximum Gasteiger partial charge on any atom is 0.314 e. The van der Waals surface area contributed by atoms with Crippen molar-refractivity contribution in [1.82, 2.24) is 4.90 Å². The first-order chi connectivity index (χ1) is 5.61. The zero-order chi connectivity index (χ0) is 9.14. The van der Waals surface area contributed by atoms with Gasteiger partial charge < -0.3 is 15.7 Å². The van der Waals surface area contributed by atoms with E-state index in [-0.39, 0.29) is 18.2 Å². The Morgan fingerprint density at radius 3 is 2.33 bits per heavy atom. The van der Waals surface area contributed by atoms with E-state index in [0.717, 1.165) is 25.7 Å². The van der Waals surface area contributed by atoms with Gasteiger partial charge in [0.05, 0.1) is 6.10 Å². The van der Waals surface area contributed by atoms with Crippen molar-refractivity contribution in [3.05, 3.63) is 0 Å². The smallest absolute Gasteiger partial charge is 0.314 e. The van der Waals surface area contributed by atoms with E-state index >= 15 is 0 Å². The van der Waals surface area contributed by atoms with Gasteiger partial charge >= 0.3 is 6.03 Å². The Morgan fingerprint density at radius 1 is 1.42 bits per heavy atom. The number of hydrogen-bond acceptors (Lipinski definition) is 2. The van der Waals surface area contributed by atoms with Crippen molar-refractivity contribution >= 4 is 6.03 Å². The van der Waals surface area contributed by atoms with Gasteiger partial charge in [0.15, 0.2) is 0 Å². The zero-order valence-electron chi connectivity index (χ0n) is 7.36. The highest BCUT2D eigenvalue weighted by molar-refractivity contribution is 5.71. The Balaban J connectivity index is 2.39. The van der Waals surface area contributed by atoms with Crippen molar-refractivity contribution < 1.29 is 9.90 Å². The monoisotopic (exact) mass is 172 g/mol. The Kier molecular flexibility index (Phi) is 2.92. The van der Waals surface area contributed by atoms with Gasteiger partial charge in [0.2, 0.25) is 0 Å². The predicted molar refractivity (Wildman–Crippen MR) is 45.6 cm³/mol. The predicted octanol–water partition coefficient (Wildman–Crippen LogP) is 0.300. The van der Waals surface area contributed by atoms with E-state index in [0.29, 0.717) is 0 Å². The van der Waals surface area contributed by atoms with E-state index < -0.39 is 0 Å². The molecular formula is C8H16N2O2. The van der Waals surface area contributed by atoms with E-state index in [9.17, 15) is 9.90 Å². The molecule has 2 amide bonds. The summed E-state index contributed by atoms with van der Waals surface area (Å²) in [5.41, 5.74) is 5.13. The second-order valence-corrected chi connectivity index (χ2v) is 3.41. The van der Waals surface area contributed by atoms with Crippen molar-refractivity contribution in [2.45, 2.75) is 37.8 Å². The zero-order valence-corrected chi connectivity index (χ0v) is 7.36. The van der Waals surface area contributed by atoms with Crippen LogP contribution in [0.1, 0.15) is 25.7 Å². The SMILES string of the molecule is CN(C(N)=O)C1CCC(O)CC1. The molecule has 4 heteroatoms. The number of nitrogens with two attached hydrogens (primary N) is 1. The number of primary amides is 1. The van der Waals surface area contributed by atoms with Crippen LogP contribution >= 0.6 is 0 Å². The maximum absolute atomic E-state index is 10.8. The van der Waals surface area contributed by atoms with Gasteiger partial charge in [-0.05, 0) is 25.7 Å². The number of urea groups is 1. The fourth-order valence-corrected chi connectivity index (χ4v) is 1.63. The van der Waals surface area contributed by atoms with Gasteiger partial charge in [-0.25, -0.2) is 4.79 Å². The molecule has 1 rings (SSSR count). The Hall–Kier alpha value is -0.770. The maximum atomic E-state index is 10.8. The first kappa shape index (κ1) is 9.32. The van der Waals surface area contributed by atoms with Crippen molar-refractivity contribution in [3.63, 3.8) is 0 Å². The van der Waals surface area contributed by atoms with Crippen LogP contribution in [0.4, 0.5) is 4.79 Å². The fraction of sp³-hybridized carbons (Fsp3) is 0.875. The highest BCUT2D eigenvalue weighted by Gasteiger charge is 2.23. The molecular weight excluding hydrogens is 156 g/mol. The number of nitrogens with zero attached hydrogens (tertiary/aromatic N) is 1. The summed E-state index contributed by atoms with van der Waals surface area (Å²) in [7, 11) is 1.71. The van der Waals surface area contributed by atoms with Crippen molar-refractivity contribution in [3.8, 4) is 0 Å². The van der Waals surface area contributed by atoms with E-state index in [1.54, 1.807) is 11.9 Å². The van der Waals surface area contributed by atoms with Crippen LogP contribution in [0.5, 0.6) is 0 Å². The topological polar surface area (TPSA) is 66.6 Å². The molecule has 1 saturated carbocycles. The second kappa shape index (κ2) is 3.76. The summed E-state index contributed by atoms with van der Waals surface area (Å²) in [6.07, 6.45) is 3.11. The lowest BCUT2D eigenvalue weighted by Gasteiger charge is -2.31. The summed E-state index contributed by atoms with van der Waals surface area (Å²) in [4.78, 5) is 12.3. The van der Waals surface area contributed by atoms with E-state index in [1.165, 1.54) is 0 Å². The molecule has 0 aromatic rings. The summed E-state index contributed by atoms with van der Waals surface area (Å²) in [5.74, 6) is 0. The van der Waals surface area contributed by atoms with E-state index in [2.05, 4.69) is 0 Å². The Morgan fingerprint density at radius 2 is 1.92 bits per heavy atom. The summed E-state index contributed by atoms with van der Waals surface area (Å²) in [6, 6.07) is -0.151. The molecule has 12 heavy (non-hydrogen) atoms. The molecule has 0 aromatic heterocycles. The van der Waals surface area contributed by atoms with Crippen LogP contribution in [0.15, 0.2) is 0 Å². The lowest BCUT2D eigenvalue weighted by Crippen LogP contribution is -2.43. The van der Waals surface area contributed by atoms with Crippen LogP contribution in [0, 0.1) is 0 Å². The van der Waals surface area contributed by atoms with Gasteiger partial charge in [-0.2, -0.15) is 0 Å². The number of hydrogen-bond donors (Lipinski definition) is 2. The van der Waals surface area contributed by atoms with Crippen LogP contribution in [0.3, 0.4) is 0 Å². The van der Waals surface area contributed by atoms with Crippen LogP contribution in [0.25, 0.3) is 0 Å². The number of aliphatic hydroxyl groups excluding tert-OH is 1. The number of carbonyl (C=O) groups excluding carboxylic acids is 1. The lowest BCUT2D eigenvalue weighted by molar-refractivity contribution is 0.0935. The largest absolute Gasteiger partial charge is 0.393 e. The second-order valence-electron chi connectivity index (χ2n) is 3.41. The third-order valence-corrected chi connectivity index (χ3v) is 2.56. The summed E-state index contributed by atoms with van der Waals surface area (Å²) in [5, 5.41) is 9.21. The molecule has 70 valence electrons. The molecule has 4 nitrogen and oxygen atoms in total. The standard InChI is InChI=1S/C8H16N2O2/c1-10(8(9)12)6-2-4-7(11)5-3-6/h6-7,11H,2-5H2,1H3,(H2,9,12).